The van der Waals surface area contributed by atoms with E-state index in [-0.39, 0.29) is 10.8 Å². The summed E-state index contributed by atoms with van der Waals surface area (Å²) in [6, 6.07) is 25.9. The van der Waals surface area contributed by atoms with Gasteiger partial charge in [-0.1, -0.05) is 75.4 Å². The van der Waals surface area contributed by atoms with Crippen LogP contribution < -0.4 is 9.16 Å². The number of Topliss-reactive ketones (excluding diaryl/α,β-unsaturated/α-hetero) is 1. The van der Waals surface area contributed by atoms with Gasteiger partial charge in [0.25, 0.3) is 0 Å². The third-order valence-electron chi connectivity index (χ3n) is 7.13. The first-order valence-electron chi connectivity index (χ1n) is 12.6. The number of hydrogen-bond acceptors (Lipinski definition) is 4. The molecule has 5 nitrogen and oxygen atoms in total. The second kappa shape index (κ2) is 10.4. The average molecular weight is 513 g/mol. The van der Waals surface area contributed by atoms with Gasteiger partial charge < -0.3 is 9.16 Å². The van der Waals surface area contributed by atoms with Gasteiger partial charge in [0.15, 0.2) is 5.78 Å². The van der Waals surface area contributed by atoms with E-state index in [1.54, 1.807) is 14.0 Å². The van der Waals surface area contributed by atoms with Gasteiger partial charge >= 0.3 is 0 Å². The van der Waals surface area contributed by atoms with Gasteiger partial charge in [-0.15, -0.1) is 0 Å². The van der Waals surface area contributed by atoms with Crippen molar-refractivity contribution in [3.8, 4) is 34.0 Å². The standard InChI is InChI=1S/C31H36N2O3Si/c1-22(34)28-29(25-14-11-15-27(20-25)36-37(6,7)31(2,3)4)32-33(30(28)24-12-9-8-10-13-24)21-23-16-18-26(35-5)19-17-23/h8-20H,21H2,1-7H3. The van der Waals surface area contributed by atoms with E-state index < -0.39 is 8.32 Å². The van der Waals surface area contributed by atoms with Crippen molar-refractivity contribution in [2.75, 3.05) is 7.11 Å². The maximum Gasteiger partial charge on any atom is 0.250 e. The minimum absolute atomic E-state index is 0.0226. The summed E-state index contributed by atoms with van der Waals surface area (Å²) in [7, 11) is -0.368. The smallest absolute Gasteiger partial charge is 0.250 e. The summed E-state index contributed by atoms with van der Waals surface area (Å²) < 4.78 is 13.8. The third kappa shape index (κ3) is 5.70. The molecule has 1 heterocycles. The van der Waals surface area contributed by atoms with Gasteiger partial charge in [-0.05, 0) is 54.9 Å². The Morgan fingerprint density at radius 2 is 1.54 bits per heavy atom. The zero-order valence-electron chi connectivity index (χ0n) is 22.8. The summed E-state index contributed by atoms with van der Waals surface area (Å²) in [5, 5.41) is 5.10. The quantitative estimate of drug-likeness (QED) is 0.178. The molecule has 0 radical (unpaired) electrons. The molecule has 4 aromatic rings. The van der Waals surface area contributed by atoms with Crippen LogP contribution in [0.5, 0.6) is 11.5 Å². The van der Waals surface area contributed by atoms with Crippen molar-refractivity contribution in [3.63, 3.8) is 0 Å². The SMILES string of the molecule is COc1ccc(Cn2nc(-c3cccc(O[Si](C)(C)C(C)(C)C)c3)c(C(C)=O)c2-c2ccccc2)cc1. The average Bonchev–Trinajstić information content (AvgIpc) is 3.24. The molecular weight excluding hydrogens is 476 g/mol. The van der Waals surface area contributed by atoms with E-state index in [0.717, 1.165) is 33.9 Å². The molecule has 0 aliphatic carbocycles. The Morgan fingerprint density at radius 3 is 2.14 bits per heavy atom. The molecule has 37 heavy (non-hydrogen) atoms. The molecule has 0 spiro atoms. The van der Waals surface area contributed by atoms with Crippen LogP contribution in [0.25, 0.3) is 22.5 Å². The maximum absolute atomic E-state index is 13.1. The molecule has 0 amide bonds. The fourth-order valence-corrected chi connectivity index (χ4v) is 5.08. The van der Waals surface area contributed by atoms with E-state index in [2.05, 4.69) is 33.9 Å². The van der Waals surface area contributed by atoms with Gasteiger partial charge in [-0.25, -0.2) is 0 Å². The second-order valence-electron chi connectivity index (χ2n) is 10.9. The number of nitrogens with zero attached hydrogens (tertiary/aromatic N) is 2. The van der Waals surface area contributed by atoms with E-state index >= 15 is 0 Å². The fraction of sp³-hybridized carbons (Fsp3) is 0.290. The molecule has 0 atom stereocenters. The van der Waals surface area contributed by atoms with E-state index in [1.807, 2.05) is 83.5 Å². The normalized spacial score (nSPS) is 11.9. The minimum atomic E-state index is -2.03. The summed E-state index contributed by atoms with van der Waals surface area (Å²) >= 11 is 0. The number of hydrogen-bond donors (Lipinski definition) is 0. The van der Waals surface area contributed by atoms with E-state index in [4.69, 9.17) is 14.3 Å². The number of ether oxygens (including phenoxy) is 1. The van der Waals surface area contributed by atoms with Crippen LogP contribution in [0.3, 0.4) is 0 Å². The van der Waals surface area contributed by atoms with Gasteiger partial charge in [0, 0.05) is 11.1 Å². The minimum Gasteiger partial charge on any atom is -0.543 e. The molecule has 192 valence electrons. The third-order valence-corrected chi connectivity index (χ3v) is 11.5. The fourth-order valence-electron chi connectivity index (χ4n) is 4.06. The van der Waals surface area contributed by atoms with Gasteiger partial charge in [-0.3, -0.25) is 9.48 Å². The van der Waals surface area contributed by atoms with Crippen molar-refractivity contribution >= 4 is 14.1 Å². The highest BCUT2D eigenvalue weighted by Gasteiger charge is 2.39. The Kier molecular flexibility index (Phi) is 7.41. The van der Waals surface area contributed by atoms with Crippen molar-refractivity contribution in [1.29, 1.82) is 0 Å². The van der Waals surface area contributed by atoms with E-state index in [9.17, 15) is 4.79 Å². The maximum atomic E-state index is 13.1. The number of methoxy groups -OCH3 is 1. The number of benzene rings is 3. The summed E-state index contributed by atoms with van der Waals surface area (Å²) in [4.78, 5) is 13.1. The van der Waals surface area contributed by atoms with Crippen LogP contribution in [0.1, 0.15) is 43.6 Å². The molecule has 0 fully saturated rings. The number of ketones is 1. The van der Waals surface area contributed by atoms with Crippen LogP contribution in [0.2, 0.25) is 18.1 Å². The Balaban J connectivity index is 1.85. The monoisotopic (exact) mass is 512 g/mol. The molecule has 6 heteroatoms. The zero-order chi connectivity index (χ0) is 26.8. The van der Waals surface area contributed by atoms with Gasteiger partial charge in [0.05, 0.1) is 24.9 Å². The second-order valence-corrected chi connectivity index (χ2v) is 15.6. The summed E-state index contributed by atoms with van der Waals surface area (Å²) in [6.45, 7) is 13.3. The highest BCUT2D eigenvalue weighted by Crippen LogP contribution is 2.39. The Bertz CT molecular complexity index is 1380. The molecule has 0 saturated heterocycles. The predicted molar refractivity (Wildman–Crippen MR) is 153 cm³/mol. The van der Waals surface area contributed by atoms with Crippen LogP contribution in [0.15, 0.2) is 78.9 Å². The molecule has 3 aromatic carbocycles. The molecule has 1 aromatic heterocycles. The van der Waals surface area contributed by atoms with Crippen LogP contribution in [0, 0.1) is 0 Å². The van der Waals surface area contributed by atoms with E-state index in [1.165, 1.54) is 0 Å². The molecule has 0 aliphatic rings. The molecule has 0 saturated carbocycles. The first-order valence-corrected chi connectivity index (χ1v) is 15.5. The molecule has 0 N–H and O–H groups in total. The lowest BCUT2D eigenvalue weighted by Gasteiger charge is -2.36. The van der Waals surface area contributed by atoms with Crippen LogP contribution in [0.4, 0.5) is 0 Å². The number of carbonyl (C=O) groups is 1. The van der Waals surface area contributed by atoms with Crippen molar-refractivity contribution in [2.24, 2.45) is 0 Å². The van der Waals surface area contributed by atoms with E-state index in [0.29, 0.717) is 17.8 Å². The van der Waals surface area contributed by atoms with Gasteiger partial charge in [-0.2, -0.15) is 5.10 Å². The van der Waals surface area contributed by atoms with Crippen molar-refractivity contribution in [3.05, 3.63) is 90.0 Å². The van der Waals surface area contributed by atoms with Crippen LogP contribution >= 0.6 is 0 Å². The van der Waals surface area contributed by atoms with Gasteiger partial charge in [0.1, 0.15) is 17.2 Å². The van der Waals surface area contributed by atoms with Crippen molar-refractivity contribution in [1.82, 2.24) is 9.78 Å². The Hall–Kier alpha value is -3.64. The lowest BCUT2D eigenvalue weighted by molar-refractivity contribution is 0.101. The molecule has 4 rings (SSSR count). The number of carbonyl (C=O) groups excluding carboxylic acids is 1. The molecule has 0 bridgehead atoms. The zero-order valence-corrected chi connectivity index (χ0v) is 23.8. The molecule has 0 aliphatic heterocycles. The summed E-state index contributed by atoms with van der Waals surface area (Å²) in [5.41, 5.74) is 4.98. The summed E-state index contributed by atoms with van der Waals surface area (Å²) in [5.74, 6) is 1.59. The lowest BCUT2D eigenvalue weighted by atomic mass is 9.99. The van der Waals surface area contributed by atoms with Crippen LogP contribution in [-0.4, -0.2) is 31.0 Å². The van der Waals surface area contributed by atoms with Gasteiger partial charge in [0.2, 0.25) is 8.32 Å². The number of rotatable bonds is 8. The lowest BCUT2D eigenvalue weighted by Crippen LogP contribution is -2.43. The highest BCUT2D eigenvalue weighted by molar-refractivity contribution is 6.74. The first-order chi connectivity index (χ1) is 17.5. The Morgan fingerprint density at radius 1 is 0.892 bits per heavy atom. The van der Waals surface area contributed by atoms with Crippen LogP contribution in [-0.2, 0) is 6.54 Å². The summed E-state index contributed by atoms with van der Waals surface area (Å²) in [6.07, 6.45) is 0. The highest BCUT2D eigenvalue weighted by atomic mass is 28.4. The van der Waals surface area contributed by atoms with Crippen molar-refractivity contribution in [2.45, 2.75) is 52.4 Å². The molecule has 0 unspecified atom stereocenters. The largest absolute Gasteiger partial charge is 0.543 e. The van der Waals surface area contributed by atoms with Crippen molar-refractivity contribution < 1.29 is 14.0 Å². The first kappa shape index (κ1) is 26.4. The Labute approximate surface area is 221 Å². The number of aromatic nitrogens is 2. The predicted octanol–water partition coefficient (Wildman–Crippen LogP) is 7.86. The topological polar surface area (TPSA) is 53.4 Å². The molecular formula is C31H36N2O3Si.